The molecule has 0 aliphatic rings. The zero-order valence-electron chi connectivity index (χ0n) is 21.0. The van der Waals surface area contributed by atoms with Gasteiger partial charge >= 0.3 is 0 Å². The van der Waals surface area contributed by atoms with E-state index in [4.69, 9.17) is 14.7 Å². The van der Waals surface area contributed by atoms with Crippen molar-refractivity contribution in [2.75, 3.05) is 6.67 Å². The molecule has 37 heavy (non-hydrogen) atoms. The zero-order valence-corrected chi connectivity index (χ0v) is 21.0. The van der Waals surface area contributed by atoms with E-state index in [0.29, 0.717) is 24.5 Å². The summed E-state index contributed by atoms with van der Waals surface area (Å²) in [6, 6.07) is 31.9. The first-order valence-corrected chi connectivity index (χ1v) is 12.3. The summed E-state index contributed by atoms with van der Waals surface area (Å²) in [6.45, 7) is 2.74. The molecule has 0 unspecified atom stereocenters. The molecule has 190 valence electrons. The molecule has 0 atom stereocenters. The van der Waals surface area contributed by atoms with Crippen LogP contribution in [0.1, 0.15) is 47.6 Å². The van der Waals surface area contributed by atoms with Crippen LogP contribution in [0, 0.1) is 17.1 Å². The number of unbranched alkanes of at least 4 members (excludes halogenated alkanes) is 1. The summed E-state index contributed by atoms with van der Waals surface area (Å²) in [6.07, 6.45) is 2.53. The Balaban J connectivity index is 0.000000695. The normalized spacial score (nSPS) is 10.1. The van der Waals surface area contributed by atoms with Crippen LogP contribution >= 0.6 is 0 Å². The van der Waals surface area contributed by atoms with Gasteiger partial charge in [0.15, 0.2) is 0 Å². The van der Waals surface area contributed by atoms with Gasteiger partial charge in [-0.2, -0.15) is 5.26 Å². The van der Waals surface area contributed by atoms with Crippen molar-refractivity contribution in [3.05, 3.63) is 131 Å². The summed E-state index contributed by atoms with van der Waals surface area (Å²) in [5, 5.41) is 8.85. The van der Waals surface area contributed by atoms with Gasteiger partial charge in [-0.05, 0) is 83.6 Å². The van der Waals surface area contributed by atoms with Gasteiger partial charge in [0.05, 0.1) is 18.3 Å². The Kier molecular flexibility index (Phi) is 11.2. The first-order chi connectivity index (χ1) is 18.1. The van der Waals surface area contributed by atoms with E-state index in [0.717, 1.165) is 36.1 Å². The second-order valence-electron chi connectivity index (χ2n) is 8.52. The van der Waals surface area contributed by atoms with Crippen molar-refractivity contribution in [3.8, 4) is 17.6 Å². The molecule has 0 saturated carbocycles. The molecule has 0 N–H and O–H groups in total. The maximum absolute atomic E-state index is 13.0. The van der Waals surface area contributed by atoms with E-state index < -0.39 is 0 Å². The van der Waals surface area contributed by atoms with Crippen LogP contribution in [0.3, 0.4) is 0 Å². The number of halogens is 2. The van der Waals surface area contributed by atoms with Crippen molar-refractivity contribution in [1.29, 1.82) is 5.26 Å². The second-order valence-corrected chi connectivity index (χ2v) is 8.52. The fourth-order valence-electron chi connectivity index (χ4n) is 3.37. The maximum Gasteiger partial charge on any atom is 0.123 e. The lowest BCUT2D eigenvalue weighted by Gasteiger charge is -2.09. The number of ether oxygens (including phenoxy) is 2. The Morgan fingerprint density at radius 2 is 1.08 bits per heavy atom. The van der Waals surface area contributed by atoms with E-state index in [2.05, 4.69) is 54.6 Å². The minimum Gasteiger partial charge on any atom is -0.489 e. The van der Waals surface area contributed by atoms with E-state index in [1.54, 1.807) is 36.4 Å². The van der Waals surface area contributed by atoms with Gasteiger partial charge in [0, 0.05) is 0 Å². The molecule has 3 nitrogen and oxygen atoms in total. The summed E-state index contributed by atoms with van der Waals surface area (Å²) in [5.41, 5.74) is 5.22. The van der Waals surface area contributed by atoms with Gasteiger partial charge in [-0.3, -0.25) is 4.39 Å². The molecule has 0 spiro atoms. The van der Waals surface area contributed by atoms with Gasteiger partial charge in [-0.15, -0.1) is 0 Å². The predicted molar refractivity (Wildman–Crippen MR) is 143 cm³/mol. The van der Waals surface area contributed by atoms with Crippen LogP contribution in [0.2, 0.25) is 0 Å². The number of rotatable bonds is 10. The molecule has 0 aromatic heterocycles. The smallest absolute Gasteiger partial charge is 0.123 e. The lowest BCUT2D eigenvalue weighted by Crippen LogP contribution is -1.97. The number of alkyl halides is 1. The highest BCUT2D eigenvalue weighted by Crippen LogP contribution is 2.17. The van der Waals surface area contributed by atoms with Crippen LogP contribution in [0.5, 0.6) is 11.5 Å². The number of nitriles is 1. The van der Waals surface area contributed by atoms with Crippen molar-refractivity contribution in [2.24, 2.45) is 0 Å². The third-order valence-electron chi connectivity index (χ3n) is 5.55. The molecule has 0 saturated heterocycles. The molecule has 5 heteroatoms. The molecule has 0 aliphatic heterocycles. The number of hydrogen-bond acceptors (Lipinski definition) is 3. The largest absolute Gasteiger partial charge is 0.489 e. The van der Waals surface area contributed by atoms with Gasteiger partial charge in [0.1, 0.15) is 30.5 Å². The van der Waals surface area contributed by atoms with Crippen molar-refractivity contribution < 1.29 is 18.3 Å². The number of benzene rings is 4. The van der Waals surface area contributed by atoms with Gasteiger partial charge in [-0.25, -0.2) is 4.39 Å². The van der Waals surface area contributed by atoms with Gasteiger partial charge in [0.2, 0.25) is 0 Å². The predicted octanol–water partition coefficient (Wildman–Crippen LogP) is 8.20. The van der Waals surface area contributed by atoms with Gasteiger partial charge in [-0.1, -0.05) is 61.9 Å². The zero-order chi connectivity index (χ0) is 26.3. The molecule has 0 fully saturated rings. The van der Waals surface area contributed by atoms with Gasteiger partial charge < -0.3 is 9.47 Å². The highest BCUT2D eigenvalue weighted by molar-refractivity contribution is 5.35. The van der Waals surface area contributed by atoms with E-state index in [1.165, 1.54) is 23.3 Å². The van der Waals surface area contributed by atoms with Crippen LogP contribution in [-0.4, -0.2) is 6.67 Å². The Morgan fingerprint density at radius 1 is 0.649 bits per heavy atom. The van der Waals surface area contributed by atoms with E-state index in [-0.39, 0.29) is 12.5 Å². The summed E-state index contributed by atoms with van der Waals surface area (Å²) in [7, 11) is 0. The molecule has 4 rings (SSSR count). The average molecular weight is 500 g/mol. The van der Waals surface area contributed by atoms with Crippen molar-refractivity contribution in [2.45, 2.75) is 39.4 Å². The van der Waals surface area contributed by atoms with Crippen LogP contribution < -0.4 is 9.47 Å². The lowest BCUT2D eigenvalue weighted by molar-refractivity contribution is 0.305. The second kappa shape index (κ2) is 15.1. The molecule has 4 aromatic rings. The van der Waals surface area contributed by atoms with Crippen molar-refractivity contribution >= 4 is 0 Å². The minimum atomic E-state index is -0.270. The monoisotopic (exact) mass is 499 g/mol. The number of hydrogen-bond donors (Lipinski definition) is 0. The molecular formula is C32H31F2NO2. The van der Waals surface area contributed by atoms with Gasteiger partial charge in [0.25, 0.3) is 0 Å². The third-order valence-corrected chi connectivity index (χ3v) is 5.55. The topological polar surface area (TPSA) is 42.2 Å². The minimum absolute atomic E-state index is 0.156. The Morgan fingerprint density at radius 3 is 1.46 bits per heavy atom. The fourth-order valence-corrected chi connectivity index (χ4v) is 3.37. The summed E-state index contributed by atoms with van der Waals surface area (Å²) in [4.78, 5) is 0. The fraction of sp³-hybridized carbons (Fsp3) is 0.219. The summed E-state index contributed by atoms with van der Waals surface area (Å²) in [5.74, 6) is 1.13. The Labute approximate surface area is 217 Å². The molecule has 0 bridgehead atoms. The standard InChI is InChI=1S/C28H22FNO2.C4H9F/c29-26-11-15-28(16-12-26)32-20-25-7-3-22(4-8-25)17-21-1-5-24(6-2-21)19-31-27-13-9-23(18-30)10-14-27;1-2-3-4-5/h1-16H,17,19-20H2;2-4H2,1H3. The quantitative estimate of drug-likeness (QED) is 0.221. The van der Waals surface area contributed by atoms with Crippen molar-refractivity contribution in [3.63, 3.8) is 0 Å². The van der Waals surface area contributed by atoms with Crippen LogP contribution in [0.15, 0.2) is 97.1 Å². The molecule has 0 radical (unpaired) electrons. The maximum atomic E-state index is 13.0. The average Bonchev–Trinajstić information content (AvgIpc) is 2.94. The lowest BCUT2D eigenvalue weighted by atomic mass is 10.0. The van der Waals surface area contributed by atoms with E-state index >= 15 is 0 Å². The van der Waals surface area contributed by atoms with E-state index in [9.17, 15) is 8.78 Å². The first kappa shape index (κ1) is 27.4. The highest BCUT2D eigenvalue weighted by Gasteiger charge is 2.02. The molecule has 0 heterocycles. The molecular weight excluding hydrogens is 468 g/mol. The number of nitrogens with zero attached hydrogens (tertiary/aromatic N) is 1. The van der Waals surface area contributed by atoms with Crippen LogP contribution in [0.4, 0.5) is 8.78 Å². The molecule has 0 aliphatic carbocycles. The summed E-state index contributed by atoms with van der Waals surface area (Å²) >= 11 is 0. The van der Waals surface area contributed by atoms with Crippen LogP contribution in [-0.2, 0) is 19.6 Å². The van der Waals surface area contributed by atoms with E-state index in [1.807, 2.05) is 6.92 Å². The molecule has 4 aromatic carbocycles. The Hall–Kier alpha value is -4.17. The summed E-state index contributed by atoms with van der Waals surface area (Å²) < 4.78 is 35.4. The van der Waals surface area contributed by atoms with Crippen LogP contribution in [0.25, 0.3) is 0 Å². The Bertz CT molecular complexity index is 1230. The van der Waals surface area contributed by atoms with Crippen molar-refractivity contribution in [1.82, 2.24) is 0 Å². The highest BCUT2D eigenvalue weighted by atomic mass is 19.1. The third kappa shape index (κ3) is 9.77. The molecule has 0 amide bonds. The SMILES string of the molecule is CCCCF.N#Cc1ccc(OCc2ccc(Cc3ccc(COc4ccc(F)cc4)cc3)cc2)cc1. The first-order valence-electron chi connectivity index (χ1n) is 12.3.